The molecule has 2 aliphatic rings. The molecule has 0 unspecified atom stereocenters. The average molecular weight is 351 g/mol. The highest BCUT2D eigenvalue weighted by atomic mass is 28.3. The van der Waals surface area contributed by atoms with Crippen molar-refractivity contribution in [2.75, 3.05) is 0 Å². The van der Waals surface area contributed by atoms with E-state index in [0.717, 1.165) is 12.8 Å². The quantitative estimate of drug-likeness (QED) is 0.622. The van der Waals surface area contributed by atoms with Gasteiger partial charge in [0.1, 0.15) is 14.2 Å². The minimum Gasteiger partial charge on any atom is -0.462 e. The van der Waals surface area contributed by atoms with Crippen LogP contribution in [-0.2, 0) is 9.53 Å². The summed E-state index contributed by atoms with van der Waals surface area (Å²) in [6.07, 6.45) is 4.64. The van der Waals surface area contributed by atoms with Crippen molar-refractivity contribution < 1.29 is 9.53 Å². The number of carbonyl (C=O) groups is 1. The minimum absolute atomic E-state index is 0.0336. The minimum atomic E-state index is -2.34. The highest BCUT2D eigenvalue weighted by Gasteiger charge is 2.65. The predicted molar refractivity (Wildman–Crippen MR) is 104 cm³/mol. The molecule has 1 saturated carbocycles. The molecule has 0 radical (unpaired) electrons. The van der Waals surface area contributed by atoms with Gasteiger partial charge in [0.05, 0.1) is 5.04 Å². The summed E-state index contributed by atoms with van der Waals surface area (Å²) < 4.78 is 5.97. The number of benzene rings is 2. The number of hydrogen-bond acceptors (Lipinski definition) is 2. The molecule has 1 heterocycles. The fourth-order valence-corrected chi connectivity index (χ4v) is 9.98. The van der Waals surface area contributed by atoms with Crippen LogP contribution in [0.4, 0.5) is 0 Å². The van der Waals surface area contributed by atoms with Crippen LogP contribution in [0.2, 0.25) is 11.6 Å². The summed E-state index contributed by atoms with van der Waals surface area (Å²) in [4.78, 5) is 13.3. The Balaban J connectivity index is 1.93. The van der Waals surface area contributed by atoms with E-state index >= 15 is 0 Å². The van der Waals surface area contributed by atoms with E-state index in [0.29, 0.717) is 5.92 Å². The molecule has 2 fully saturated rings. The number of ether oxygens (including phenoxy) is 1. The van der Waals surface area contributed by atoms with E-state index in [1.54, 1.807) is 0 Å². The van der Waals surface area contributed by atoms with Gasteiger partial charge in [0.25, 0.3) is 0 Å². The van der Waals surface area contributed by atoms with Crippen molar-refractivity contribution in [3.8, 4) is 0 Å². The van der Waals surface area contributed by atoms with E-state index in [9.17, 15) is 4.79 Å². The zero-order chi connectivity index (χ0) is 17.5. The van der Waals surface area contributed by atoms with Gasteiger partial charge in [-0.1, -0.05) is 90.9 Å². The molecule has 2 aromatic rings. The Morgan fingerprint density at radius 2 is 1.44 bits per heavy atom. The van der Waals surface area contributed by atoms with Crippen molar-refractivity contribution in [2.24, 2.45) is 5.92 Å². The van der Waals surface area contributed by atoms with Crippen LogP contribution in [0.15, 0.2) is 60.7 Å². The first-order chi connectivity index (χ1) is 12.1. The highest BCUT2D eigenvalue weighted by Crippen LogP contribution is 2.56. The number of rotatable bonds is 3. The first-order valence-electron chi connectivity index (χ1n) is 9.40. The number of hydrogen-bond donors (Lipinski definition) is 0. The molecule has 25 heavy (non-hydrogen) atoms. The van der Waals surface area contributed by atoms with Crippen LogP contribution in [-0.4, -0.2) is 20.1 Å². The molecule has 3 heteroatoms. The Morgan fingerprint density at radius 3 is 2.00 bits per heavy atom. The third kappa shape index (κ3) is 2.32. The molecule has 130 valence electrons. The molecule has 2 nitrogen and oxygen atoms in total. The maximum atomic E-state index is 13.3. The number of esters is 1. The van der Waals surface area contributed by atoms with Gasteiger partial charge in [-0.2, -0.15) is 0 Å². The predicted octanol–water partition coefficient (Wildman–Crippen LogP) is 3.76. The lowest BCUT2D eigenvalue weighted by atomic mass is 9.80. The lowest BCUT2D eigenvalue weighted by molar-refractivity contribution is -0.143. The molecular weight excluding hydrogens is 324 g/mol. The number of carbonyl (C=O) groups excluding carboxylic acids is 1. The first-order valence-corrected chi connectivity index (χ1v) is 11.9. The summed E-state index contributed by atoms with van der Waals surface area (Å²) in [5, 5.41) is 2.24. The maximum absolute atomic E-state index is 13.3. The van der Waals surface area contributed by atoms with Gasteiger partial charge in [0.2, 0.25) is 0 Å². The Bertz CT molecular complexity index is 719. The van der Waals surface area contributed by atoms with Crippen molar-refractivity contribution in [3.05, 3.63) is 60.7 Å². The second-order valence-corrected chi connectivity index (χ2v) is 12.3. The number of fused-ring (bicyclic) bond motifs is 1. The fraction of sp³-hybridized carbons (Fsp3) is 0.409. The van der Waals surface area contributed by atoms with Gasteiger partial charge in [-0.25, -0.2) is 0 Å². The standard InChI is InChI=1S/C22H26O2Si/c1-22(19-15-9-10-16-20(19)24-21(22)23)25(2,17-11-5-3-6-12-17)18-13-7-4-8-14-18/h3-8,11-14,19-20H,9-10,15-16H2,1-2H3/t19-,20+,22-/m0/s1. The summed E-state index contributed by atoms with van der Waals surface area (Å²) in [5.74, 6) is 0.372. The van der Waals surface area contributed by atoms with Gasteiger partial charge in [-0.3, -0.25) is 4.79 Å². The maximum Gasteiger partial charge on any atom is 0.310 e. The highest BCUT2D eigenvalue weighted by molar-refractivity contribution is 7.05. The van der Waals surface area contributed by atoms with Gasteiger partial charge in [0, 0.05) is 5.92 Å². The molecular formula is C22H26O2Si. The fourth-order valence-electron chi connectivity index (χ4n) is 5.19. The third-order valence-corrected chi connectivity index (χ3v) is 12.5. The molecule has 0 N–H and O–H groups in total. The Morgan fingerprint density at radius 1 is 0.920 bits per heavy atom. The summed E-state index contributed by atoms with van der Waals surface area (Å²) in [6.45, 7) is 4.58. The topological polar surface area (TPSA) is 26.3 Å². The second kappa shape index (κ2) is 6.13. The molecule has 0 spiro atoms. The van der Waals surface area contributed by atoms with Crippen molar-refractivity contribution in [1.29, 1.82) is 0 Å². The zero-order valence-corrected chi connectivity index (χ0v) is 16.1. The van der Waals surface area contributed by atoms with Crippen molar-refractivity contribution in [3.63, 3.8) is 0 Å². The van der Waals surface area contributed by atoms with Crippen LogP contribution in [0.1, 0.15) is 32.6 Å². The van der Waals surface area contributed by atoms with Gasteiger partial charge >= 0.3 is 5.97 Å². The lowest BCUT2D eigenvalue weighted by Crippen LogP contribution is -2.66. The molecule has 0 amide bonds. The summed E-state index contributed by atoms with van der Waals surface area (Å²) in [5.41, 5.74) is 0. The second-order valence-electron chi connectivity index (χ2n) is 7.89. The average Bonchev–Trinajstić information content (AvgIpc) is 2.94. The molecule has 3 atom stereocenters. The lowest BCUT2D eigenvalue weighted by Gasteiger charge is -2.45. The summed E-state index contributed by atoms with van der Waals surface area (Å²) in [7, 11) is -2.34. The third-order valence-electron chi connectivity index (χ3n) is 6.87. The van der Waals surface area contributed by atoms with Crippen molar-refractivity contribution in [2.45, 2.75) is 50.3 Å². The van der Waals surface area contributed by atoms with Crippen LogP contribution in [0, 0.1) is 5.92 Å². The summed E-state index contributed by atoms with van der Waals surface area (Å²) >= 11 is 0. The van der Waals surface area contributed by atoms with Gasteiger partial charge in [0.15, 0.2) is 0 Å². The van der Waals surface area contributed by atoms with Crippen LogP contribution in [0.25, 0.3) is 0 Å². The smallest absolute Gasteiger partial charge is 0.310 e. The normalized spacial score (nSPS) is 29.1. The van der Waals surface area contributed by atoms with Crippen LogP contribution >= 0.6 is 0 Å². The van der Waals surface area contributed by atoms with E-state index in [-0.39, 0.29) is 12.1 Å². The van der Waals surface area contributed by atoms with E-state index < -0.39 is 13.1 Å². The van der Waals surface area contributed by atoms with E-state index in [1.165, 1.54) is 23.2 Å². The molecule has 4 rings (SSSR count). The molecule has 0 aromatic heterocycles. The van der Waals surface area contributed by atoms with Crippen molar-refractivity contribution in [1.82, 2.24) is 0 Å². The largest absolute Gasteiger partial charge is 0.462 e. The summed E-state index contributed by atoms with van der Waals surface area (Å²) in [6, 6.07) is 21.4. The molecule has 1 aliphatic heterocycles. The Labute approximate surface area is 151 Å². The van der Waals surface area contributed by atoms with Gasteiger partial charge < -0.3 is 4.74 Å². The van der Waals surface area contributed by atoms with E-state index in [1.807, 2.05) is 0 Å². The molecule has 1 saturated heterocycles. The van der Waals surface area contributed by atoms with E-state index in [2.05, 4.69) is 74.1 Å². The van der Waals surface area contributed by atoms with Crippen molar-refractivity contribution >= 4 is 24.4 Å². The van der Waals surface area contributed by atoms with Crippen LogP contribution in [0.3, 0.4) is 0 Å². The Hall–Kier alpha value is -1.87. The Kier molecular flexibility index (Phi) is 4.07. The monoisotopic (exact) mass is 350 g/mol. The SMILES string of the molecule is C[C@@]1([Si](C)(c2ccccc2)c2ccccc2)C(=O)O[C@@H]2CCCC[C@@H]21. The van der Waals surface area contributed by atoms with E-state index in [4.69, 9.17) is 4.74 Å². The molecule has 2 aromatic carbocycles. The van der Waals surface area contributed by atoms with Crippen LogP contribution < -0.4 is 10.4 Å². The first kappa shape index (κ1) is 16.6. The zero-order valence-electron chi connectivity index (χ0n) is 15.1. The van der Waals surface area contributed by atoms with Gasteiger partial charge in [-0.05, 0) is 19.3 Å². The van der Waals surface area contributed by atoms with Gasteiger partial charge in [-0.15, -0.1) is 0 Å². The molecule has 0 bridgehead atoms. The molecule has 1 aliphatic carbocycles. The van der Waals surface area contributed by atoms with Crippen LogP contribution in [0.5, 0.6) is 0 Å².